The van der Waals surface area contributed by atoms with Crippen LogP contribution in [0.15, 0.2) is 42.5 Å². The normalized spacial score (nSPS) is 12.5. The minimum atomic E-state index is -0.524. The van der Waals surface area contributed by atoms with Crippen LogP contribution in [-0.2, 0) is 9.53 Å². The predicted molar refractivity (Wildman–Crippen MR) is 112 cm³/mol. The Morgan fingerprint density at radius 3 is 2.20 bits per heavy atom. The van der Waals surface area contributed by atoms with E-state index >= 15 is 0 Å². The minimum Gasteiger partial charge on any atom is -0.385 e. The van der Waals surface area contributed by atoms with E-state index in [1.54, 1.807) is 37.4 Å². The molecule has 0 atom stereocenters. The van der Waals surface area contributed by atoms with Crippen LogP contribution >= 0.6 is 0 Å². The van der Waals surface area contributed by atoms with E-state index < -0.39 is 11.9 Å². The fraction of sp³-hybridized carbons (Fsp3) is 0.238. The van der Waals surface area contributed by atoms with E-state index in [9.17, 15) is 19.2 Å². The van der Waals surface area contributed by atoms with Gasteiger partial charge in [0.05, 0.1) is 11.1 Å². The summed E-state index contributed by atoms with van der Waals surface area (Å²) in [6, 6.07) is 10.7. The van der Waals surface area contributed by atoms with Crippen LogP contribution in [0.3, 0.4) is 0 Å². The van der Waals surface area contributed by atoms with Crippen LogP contribution in [0.25, 0.3) is 0 Å². The lowest BCUT2D eigenvalue weighted by atomic mass is 10.1. The van der Waals surface area contributed by atoms with Gasteiger partial charge in [0.2, 0.25) is 5.91 Å². The summed E-state index contributed by atoms with van der Waals surface area (Å²) in [6.07, 6.45) is 0.549. The number of carbonyl (C=O) groups is 4. The quantitative estimate of drug-likeness (QED) is 0.479. The first-order valence-electron chi connectivity index (χ1n) is 9.34. The molecule has 156 valence electrons. The molecule has 0 aliphatic carbocycles. The molecule has 5 amide bonds. The summed E-state index contributed by atoms with van der Waals surface area (Å²) in [7, 11) is 1.56. The summed E-state index contributed by atoms with van der Waals surface area (Å²) in [4.78, 5) is 49.6. The standard InChI is InChI=1S/C21H22N4O5/c1-13(26)22-14-5-3-6-15(11-14)23-21(29)24-16-7-8-17-18(12-16)20(28)25(19(17)27)9-4-10-30-2/h3,5-8,11-12H,4,9-10H2,1-2H3,(H,22,26)(H2,23,24,29). The first-order chi connectivity index (χ1) is 14.4. The second-order valence-electron chi connectivity index (χ2n) is 6.71. The number of imide groups is 1. The van der Waals surface area contributed by atoms with Crippen molar-refractivity contribution in [3.05, 3.63) is 53.6 Å². The molecule has 0 radical (unpaired) electrons. The van der Waals surface area contributed by atoms with Crippen LogP contribution in [0.1, 0.15) is 34.1 Å². The van der Waals surface area contributed by atoms with Gasteiger partial charge < -0.3 is 20.7 Å². The molecular weight excluding hydrogens is 388 g/mol. The monoisotopic (exact) mass is 410 g/mol. The zero-order valence-corrected chi connectivity index (χ0v) is 16.7. The van der Waals surface area contributed by atoms with Gasteiger partial charge in [0.1, 0.15) is 0 Å². The van der Waals surface area contributed by atoms with Crippen molar-refractivity contribution >= 4 is 40.8 Å². The van der Waals surface area contributed by atoms with Gasteiger partial charge >= 0.3 is 6.03 Å². The van der Waals surface area contributed by atoms with Crippen molar-refractivity contribution in [1.82, 2.24) is 4.90 Å². The molecule has 0 aromatic heterocycles. The first-order valence-corrected chi connectivity index (χ1v) is 9.34. The lowest BCUT2D eigenvalue weighted by molar-refractivity contribution is -0.114. The highest BCUT2D eigenvalue weighted by Crippen LogP contribution is 2.26. The van der Waals surface area contributed by atoms with Crippen LogP contribution in [0.2, 0.25) is 0 Å². The van der Waals surface area contributed by atoms with Crippen molar-refractivity contribution in [1.29, 1.82) is 0 Å². The molecule has 9 heteroatoms. The topological polar surface area (TPSA) is 117 Å². The molecule has 1 heterocycles. The van der Waals surface area contributed by atoms with Gasteiger partial charge in [0.25, 0.3) is 11.8 Å². The molecule has 0 spiro atoms. The second-order valence-corrected chi connectivity index (χ2v) is 6.71. The molecule has 3 rings (SSSR count). The van der Waals surface area contributed by atoms with Crippen molar-refractivity contribution in [2.75, 3.05) is 36.2 Å². The van der Waals surface area contributed by atoms with Gasteiger partial charge in [-0.05, 0) is 42.8 Å². The molecule has 1 aliphatic heterocycles. The van der Waals surface area contributed by atoms with Crippen LogP contribution in [0.4, 0.5) is 21.9 Å². The van der Waals surface area contributed by atoms with Gasteiger partial charge in [-0.2, -0.15) is 0 Å². The van der Waals surface area contributed by atoms with Crippen LogP contribution in [0.5, 0.6) is 0 Å². The fourth-order valence-corrected chi connectivity index (χ4v) is 3.11. The molecule has 30 heavy (non-hydrogen) atoms. The van der Waals surface area contributed by atoms with E-state index in [1.165, 1.54) is 24.0 Å². The fourth-order valence-electron chi connectivity index (χ4n) is 3.11. The summed E-state index contributed by atoms with van der Waals surface area (Å²) >= 11 is 0. The second kappa shape index (κ2) is 9.19. The molecule has 9 nitrogen and oxygen atoms in total. The predicted octanol–water partition coefficient (Wildman–Crippen LogP) is 2.92. The molecular formula is C21H22N4O5. The molecule has 0 saturated heterocycles. The smallest absolute Gasteiger partial charge is 0.323 e. The number of amides is 5. The number of methoxy groups -OCH3 is 1. The number of anilines is 3. The maximum absolute atomic E-state index is 12.6. The third-order valence-electron chi connectivity index (χ3n) is 4.40. The Hall–Kier alpha value is -3.72. The summed E-state index contributed by atoms with van der Waals surface area (Å²) in [5.74, 6) is -0.958. The average molecular weight is 410 g/mol. The number of nitrogens with zero attached hydrogens (tertiary/aromatic N) is 1. The Morgan fingerprint density at radius 1 is 0.900 bits per heavy atom. The number of carbonyl (C=O) groups excluding carboxylic acids is 4. The van der Waals surface area contributed by atoms with Crippen LogP contribution in [0, 0.1) is 0 Å². The number of nitrogens with one attached hydrogen (secondary N) is 3. The van der Waals surface area contributed by atoms with Gasteiger partial charge in [-0.1, -0.05) is 6.07 Å². The maximum Gasteiger partial charge on any atom is 0.323 e. The number of benzene rings is 2. The molecule has 2 aromatic rings. The lowest BCUT2D eigenvalue weighted by Crippen LogP contribution is -2.31. The molecule has 2 aromatic carbocycles. The Morgan fingerprint density at radius 2 is 1.53 bits per heavy atom. The van der Waals surface area contributed by atoms with Crippen molar-refractivity contribution in [3.63, 3.8) is 0 Å². The number of hydrogen-bond donors (Lipinski definition) is 3. The average Bonchev–Trinajstić information content (AvgIpc) is 2.92. The van der Waals surface area contributed by atoms with E-state index in [0.717, 1.165) is 0 Å². The zero-order chi connectivity index (χ0) is 21.7. The van der Waals surface area contributed by atoms with E-state index in [4.69, 9.17) is 4.74 Å². The summed E-state index contributed by atoms with van der Waals surface area (Å²) in [5.41, 5.74) is 1.98. The summed E-state index contributed by atoms with van der Waals surface area (Å²) < 4.78 is 4.96. The Balaban J connectivity index is 1.66. The van der Waals surface area contributed by atoms with Crippen molar-refractivity contribution in [3.8, 4) is 0 Å². The molecule has 3 N–H and O–H groups in total. The largest absolute Gasteiger partial charge is 0.385 e. The van der Waals surface area contributed by atoms with Gasteiger partial charge in [-0.3, -0.25) is 19.3 Å². The Bertz CT molecular complexity index is 1000. The van der Waals surface area contributed by atoms with E-state index in [2.05, 4.69) is 16.0 Å². The Labute approximate surface area is 173 Å². The maximum atomic E-state index is 12.6. The van der Waals surface area contributed by atoms with Crippen molar-refractivity contribution < 1.29 is 23.9 Å². The van der Waals surface area contributed by atoms with Crippen molar-refractivity contribution in [2.45, 2.75) is 13.3 Å². The molecule has 0 bridgehead atoms. The number of rotatable bonds is 7. The zero-order valence-electron chi connectivity index (χ0n) is 16.7. The van der Waals surface area contributed by atoms with Crippen LogP contribution in [-0.4, -0.2) is 48.9 Å². The van der Waals surface area contributed by atoms with E-state index in [1.807, 2.05) is 0 Å². The third-order valence-corrected chi connectivity index (χ3v) is 4.40. The van der Waals surface area contributed by atoms with Gasteiger partial charge in [-0.15, -0.1) is 0 Å². The molecule has 0 saturated carbocycles. The number of fused-ring (bicyclic) bond motifs is 1. The molecule has 0 unspecified atom stereocenters. The highest BCUT2D eigenvalue weighted by Gasteiger charge is 2.35. The molecule has 0 fully saturated rings. The highest BCUT2D eigenvalue weighted by molar-refractivity contribution is 6.22. The summed E-state index contributed by atoms with van der Waals surface area (Å²) in [5, 5.41) is 7.94. The van der Waals surface area contributed by atoms with Gasteiger partial charge in [-0.25, -0.2) is 4.79 Å². The van der Waals surface area contributed by atoms with Gasteiger partial charge in [0, 0.05) is 44.2 Å². The van der Waals surface area contributed by atoms with Crippen molar-refractivity contribution in [2.24, 2.45) is 0 Å². The lowest BCUT2D eigenvalue weighted by Gasteiger charge is -2.12. The summed E-state index contributed by atoms with van der Waals surface area (Å²) in [6.45, 7) is 2.11. The number of urea groups is 1. The third kappa shape index (κ3) is 4.81. The molecule has 1 aliphatic rings. The number of ether oxygens (including phenoxy) is 1. The first kappa shape index (κ1) is 21.0. The SMILES string of the molecule is COCCCN1C(=O)c2ccc(NC(=O)Nc3cccc(NC(C)=O)c3)cc2C1=O. The highest BCUT2D eigenvalue weighted by atomic mass is 16.5. The Kier molecular flexibility index (Phi) is 6.43. The van der Waals surface area contributed by atoms with E-state index in [0.29, 0.717) is 35.7 Å². The van der Waals surface area contributed by atoms with E-state index in [-0.39, 0.29) is 23.9 Å². The van der Waals surface area contributed by atoms with Gasteiger partial charge in [0.15, 0.2) is 0 Å². The number of hydrogen-bond acceptors (Lipinski definition) is 5. The van der Waals surface area contributed by atoms with Crippen LogP contribution < -0.4 is 16.0 Å². The minimum absolute atomic E-state index is 0.217.